The van der Waals surface area contributed by atoms with Gasteiger partial charge in [-0.15, -0.1) is 0 Å². The van der Waals surface area contributed by atoms with Crippen LogP contribution in [0.2, 0.25) is 0 Å². The molecule has 0 atom stereocenters. The lowest BCUT2D eigenvalue weighted by atomic mass is 9.68. The van der Waals surface area contributed by atoms with Gasteiger partial charge in [0.15, 0.2) is 5.83 Å². The van der Waals surface area contributed by atoms with Crippen LogP contribution < -0.4 is 0 Å². The van der Waals surface area contributed by atoms with Gasteiger partial charge in [-0.05, 0) is 105 Å². The number of hydrogen-bond acceptors (Lipinski definition) is 1. The molecule has 2 saturated carbocycles. The average molecular weight is 466 g/mol. The van der Waals surface area contributed by atoms with Crippen molar-refractivity contribution in [3.63, 3.8) is 0 Å². The lowest BCUT2D eigenvalue weighted by Gasteiger charge is -2.38. The molecule has 188 valence electrons. The summed E-state index contributed by atoms with van der Waals surface area (Å²) < 4.78 is 13.0. The highest BCUT2D eigenvalue weighted by atomic mass is 19.1. The maximum absolute atomic E-state index is 13.0. The minimum Gasteiger partial charge on any atom is -0.195 e. The second kappa shape index (κ2) is 15.4. The van der Waals surface area contributed by atoms with Gasteiger partial charge in [-0.3, -0.25) is 0 Å². The molecule has 2 aliphatic carbocycles. The van der Waals surface area contributed by atoms with Crippen LogP contribution in [0.4, 0.5) is 4.39 Å². The Morgan fingerprint density at radius 2 is 1.29 bits per heavy atom. The van der Waals surface area contributed by atoms with Crippen molar-refractivity contribution in [3.05, 3.63) is 47.3 Å². The molecule has 0 heterocycles. The highest BCUT2D eigenvalue weighted by Gasteiger charge is 2.30. The van der Waals surface area contributed by atoms with Crippen molar-refractivity contribution in [2.45, 2.75) is 122 Å². The van der Waals surface area contributed by atoms with E-state index in [1.807, 2.05) is 0 Å². The van der Waals surface area contributed by atoms with Crippen LogP contribution in [-0.4, -0.2) is 0 Å². The van der Waals surface area contributed by atoms with Crippen LogP contribution in [0.15, 0.2) is 36.2 Å². The first-order chi connectivity index (χ1) is 16.7. The van der Waals surface area contributed by atoms with Gasteiger partial charge in [0.25, 0.3) is 0 Å². The minimum atomic E-state index is -0.614. The van der Waals surface area contributed by atoms with Gasteiger partial charge < -0.3 is 0 Å². The normalized spacial score (nSPS) is 25.7. The molecule has 2 heteroatoms. The Morgan fingerprint density at radius 1 is 0.794 bits per heavy atom. The van der Waals surface area contributed by atoms with Crippen molar-refractivity contribution in [2.75, 3.05) is 0 Å². The Bertz CT molecular complexity index is 742. The number of aryl methyl sites for hydroxylation is 2. The molecule has 0 N–H and O–H groups in total. The molecule has 0 unspecified atom stereocenters. The number of allylic oxidation sites excluding steroid dienone is 2. The minimum absolute atomic E-state index is 0.614. The summed E-state index contributed by atoms with van der Waals surface area (Å²) in [6.07, 6.45) is 25.1. The van der Waals surface area contributed by atoms with E-state index in [2.05, 4.69) is 31.2 Å². The van der Waals surface area contributed by atoms with Gasteiger partial charge in [0.1, 0.15) is 6.07 Å². The smallest absolute Gasteiger partial charge is 0.195 e. The predicted octanol–water partition coefficient (Wildman–Crippen LogP) is 9.90. The zero-order valence-corrected chi connectivity index (χ0v) is 21.7. The second-order valence-electron chi connectivity index (χ2n) is 11.3. The molecule has 2 fully saturated rings. The molecule has 0 aromatic heterocycles. The zero-order valence-electron chi connectivity index (χ0n) is 21.7. The van der Waals surface area contributed by atoms with E-state index in [9.17, 15) is 4.39 Å². The highest BCUT2D eigenvalue weighted by Crippen LogP contribution is 2.43. The maximum atomic E-state index is 13.0. The molecule has 0 spiro atoms. The molecule has 34 heavy (non-hydrogen) atoms. The first-order valence-electron chi connectivity index (χ1n) is 14.5. The molecule has 3 rings (SSSR count). The van der Waals surface area contributed by atoms with Crippen molar-refractivity contribution in [1.82, 2.24) is 0 Å². The van der Waals surface area contributed by atoms with Gasteiger partial charge in [0.2, 0.25) is 0 Å². The fourth-order valence-electron chi connectivity index (χ4n) is 6.60. The third-order valence-electron chi connectivity index (χ3n) is 8.87. The SMILES string of the molecule is CCCCCc1ccc(CCCCC2CCC(C3CCC(CCC=C(F)C#N)CC3)CC2)cc1. The number of nitrogens with zero attached hydrogens (tertiary/aromatic N) is 1. The number of rotatable bonds is 13. The van der Waals surface area contributed by atoms with E-state index in [1.54, 1.807) is 6.07 Å². The number of halogens is 1. The van der Waals surface area contributed by atoms with Gasteiger partial charge in [0, 0.05) is 0 Å². The Hall–Kier alpha value is -1.62. The monoisotopic (exact) mass is 465 g/mol. The van der Waals surface area contributed by atoms with Gasteiger partial charge in [-0.2, -0.15) is 9.65 Å². The van der Waals surface area contributed by atoms with Crippen LogP contribution in [0.1, 0.15) is 121 Å². The maximum Gasteiger partial charge on any atom is 0.196 e. The standard InChI is InChI=1S/C32H48FN/c1-2-3-4-8-26-13-15-27(16-14-26)9-5-6-10-28-17-21-30(22-18-28)31-23-19-29(20-24-31)11-7-12-32(33)25-34/h12-16,28-31H,2-11,17-24H2,1H3. The van der Waals surface area contributed by atoms with Crippen molar-refractivity contribution in [2.24, 2.45) is 23.7 Å². The van der Waals surface area contributed by atoms with Gasteiger partial charge in [-0.1, -0.05) is 82.6 Å². The van der Waals surface area contributed by atoms with Gasteiger partial charge >= 0.3 is 0 Å². The first kappa shape index (κ1) is 27.0. The molecule has 0 aliphatic heterocycles. The van der Waals surface area contributed by atoms with Gasteiger partial charge in [-0.25, -0.2) is 0 Å². The third-order valence-corrected chi connectivity index (χ3v) is 8.87. The van der Waals surface area contributed by atoms with Gasteiger partial charge in [0.05, 0.1) is 0 Å². The summed E-state index contributed by atoms with van der Waals surface area (Å²) in [7, 11) is 0. The summed E-state index contributed by atoms with van der Waals surface area (Å²) >= 11 is 0. The molecule has 0 radical (unpaired) electrons. The number of unbranched alkanes of at least 4 members (excludes halogenated alkanes) is 3. The highest BCUT2D eigenvalue weighted by molar-refractivity contribution is 5.22. The molecular formula is C32H48FN. The lowest BCUT2D eigenvalue weighted by molar-refractivity contribution is 0.140. The number of hydrogen-bond donors (Lipinski definition) is 0. The van der Waals surface area contributed by atoms with E-state index in [4.69, 9.17) is 5.26 Å². The Balaban J connectivity index is 1.24. The lowest BCUT2D eigenvalue weighted by Crippen LogP contribution is -2.25. The molecule has 0 bridgehead atoms. The number of nitriles is 1. The Labute approximate surface area is 209 Å². The van der Waals surface area contributed by atoms with Crippen LogP contribution in [0.25, 0.3) is 0 Å². The Kier molecular flexibility index (Phi) is 12.2. The van der Waals surface area contributed by atoms with E-state index in [0.717, 1.165) is 36.5 Å². The molecule has 0 saturated heterocycles. The van der Waals surface area contributed by atoms with Crippen LogP contribution >= 0.6 is 0 Å². The molecule has 2 aliphatic rings. The molecule has 0 amide bonds. The van der Waals surface area contributed by atoms with Crippen LogP contribution in [0, 0.1) is 35.0 Å². The Morgan fingerprint density at radius 3 is 1.79 bits per heavy atom. The fraction of sp³-hybridized carbons (Fsp3) is 0.719. The zero-order chi connectivity index (χ0) is 24.0. The molecule has 1 nitrogen and oxygen atoms in total. The van der Waals surface area contributed by atoms with Crippen molar-refractivity contribution >= 4 is 0 Å². The molecule has 1 aromatic rings. The summed E-state index contributed by atoms with van der Waals surface area (Å²) in [6.45, 7) is 2.27. The average Bonchev–Trinajstić information content (AvgIpc) is 2.88. The summed E-state index contributed by atoms with van der Waals surface area (Å²) in [5.41, 5.74) is 3.02. The van der Waals surface area contributed by atoms with Crippen LogP contribution in [0.3, 0.4) is 0 Å². The van der Waals surface area contributed by atoms with E-state index in [1.165, 1.54) is 120 Å². The molecular weight excluding hydrogens is 417 g/mol. The van der Waals surface area contributed by atoms with Crippen molar-refractivity contribution in [3.8, 4) is 6.07 Å². The van der Waals surface area contributed by atoms with Crippen LogP contribution in [0.5, 0.6) is 0 Å². The topological polar surface area (TPSA) is 23.8 Å². The third kappa shape index (κ3) is 9.56. The molecule has 1 aromatic carbocycles. The quantitative estimate of drug-likeness (QED) is 0.210. The van der Waals surface area contributed by atoms with Crippen molar-refractivity contribution < 1.29 is 4.39 Å². The summed E-state index contributed by atoms with van der Waals surface area (Å²) in [6, 6.07) is 11.0. The second-order valence-corrected chi connectivity index (χ2v) is 11.3. The number of benzene rings is 1. The summed E-state index contributed by atoms with van der Waals surface area (Å²) in [4.78, 5) is 0. The van der Waals surface area contributed by atoms with Crippen molar-refractivity contribution in [1.29, 1.82) is 5.26 Å². The van der Waals surface area contributed by atoms with E-state index >= 15 is 0 Å². The predicted molar refractivity (Wildman–Crippen MR) is 142 cm³/mol. The van der Waals surface area contributed by atoms with E-state index in [0.29, 0.717) is 0 Å². The summed E-state index contributed by atoms with van der Waals surface area (Å²) in [5, 5.41) is 8.52. The summed E-state index contributed by atoms with van der Waals surface area (Å²) in [5.74, 6) is 3.00. The fourth-order valence-corrected chi connectivity index (χ4v) is 6.60. The largest absolute Gasteiger partial charge is 0.196 e. The van der Waals surface area contributed by atoms with E-state index < -0.39 is 5.83 Å². The van der Waals surface area contributed by atoms with E-state index in [-0.39, 0.29) is 0 Å². The van der Waals surface area contributed by atoms with Crippen LogP contribution in [-0.2, 0) is 12.8 Å². The first-order valence-corrected chi connectivity index (χ1v) is 14.5.